The van der Waals surface area contributed by atoms with Crippen LogP contribution in [0.5, 0.6) is 0 Å². The first-order chi connectivity index (χ1) is 5.83. The Morgan fingerprint density at radius 2 is 2.17 bits per heavy atom. The number of benzene rings is 1. The van der Waals surface area contributed by atoms with Crippen LogP contribution < -0.4 is 11.1 Å². The smallest absolute Gasteiger partial charge is 0.252 e. The topological polar surface area (TPSA) is 55.1 Å². The molecule has 0 bridgehead atoms. The number of hydrogen-bond donors (Lipinski definition) is 2. The molecule has 1 aromatic carbocycles. The Labute approximate surface area is 70.6 Å². The van der Waals surface area contributed by atoms with Gasteiger partial charge in [-0.3, -0.25) is 4.79 Å². The van der Waals surface area contributed by atoms with Crippen molar-refractivity contribution < 1.29 is 4.79 Å². The van der Waals surface area contributed by atoms with Gasteiger partial charge in [-0.2, -0.15) is 0 Å². The van der Waals surface area contributed by atoms with Crippen LogP contribution in [0.15, 0.2) is 24.3 Å². The van der Waals surface area contributed by atoms with E-state index in [2.05, 4.69) is 5.32 Å². The van der Waals surface area contributed by atoms with Crippen molar-refractivity contribution in [1.82, 2.24) is 5.32 Å². The average molecular weight is 162 g/mol. The van der Waals surface area contributed by atoms with E-state index in [4.69, 9.17) is 5.73 Å². The Bertz CT molecular complexity index is 322. The van der Waals surface area contributed by atoms with E-state index in [1.807, 2.05) is 24.3 Å². The van der Waals surface area contributed by atoms with Gasteiger partial charge < -0.3 is 11.1 Å². The molecular formula is C9H10N2O. The monoisotopic (exact) mass is 162 g/mol. The lowest BCUT2D eigenvalue weighted by molar-refractivity contribution is 0.0957. The standard InChI is InChI=1S/C9H10N2O/c10-5-8-6-3-1-2-4-7(6)9(12)11-8/h1-4,8H,5,10H2,(H,11,12). The molecule has 0 aromatic heterocycles. The molecule has 0 saturated heterocycles. The van der Waals surface area contributed by atoms with Crippen molar-refractivity contribution in [3.8, 4) is 0 Å². The van der Waals surface area contributed by atoms with Crippen LogP contribution in [0.25, 0.3) is 0 Å². The van der Waals surface area contributed by atoms with Gasteiger partial charge in [-0.15, -0.1) is 0 Å². The van der Waals surface area contributed by atoms with Gasteiger partial charge in [0.25, 0.3) is 5.91 Å². The van der Waals surface area contributed by atoms with Crippen LogP contribution in [0.1, 0.15) is 22.0 Å². The molecule has 1 aromatic rings. The van der Waals surface area contributed by atoms with Crippen LogP contribution in [-0.2, 0) is 0 Å². The Balaban J connectivity index is 2.50. The number of nitrogens with two attached hydrogens (primary N) is 1. The molecule has 62 valence electrons. The van der Waals surface area contributed by atoms with Gasteiger partial charge in [0.05, 0.1) is 6.04 Å². The summed E-state index contributed by atoms with van der Waals surface area (Å²) in [5, 5.41) is 2.81. The number of fused-ring (bicyclic) bond motifs is 1. The molecule has 0 saturated carbocycles. The second-order valence-electron chi connectivity index (χ2n) is 2.85. The van der Waals surface area contributed by atoms with Crippen LogP contribution in [0.2, 0.25) is 0 Å². The molecular weight excluding hydrogens is 152 g/mol. The van der Waals surface area contributed by atoms with Crippen molar-refractivity contribution in [2.24, 2.45) is 5.73 Å². The second kappa shape index (κ2) is 2.60. The van der Waals surface area contributed by atoms with Gasteiger partial charge in [0.1, 0.15) is 0 Å². The van der Waals surface area contributed by atoms with E-state index in [0.29, 0.717) is 6.54 Å². The molecule has 3 N–H and O–H groups in total. The number of carbonyl (C=O) groups is 1. The quantitative estimate of drug-likeness (QED) is 0.629. The predicted molar refractivity (Wildman–Crippen MR) is 45.7 cm³/mol. The molecule has 0 spiro atoms. The fourth-order valence-corrected chi connectivity index (χ4v) is 1.51. The van der Waals surface area contributed by atoms with Gasteiger partial charge in [0.2, 0.25) is 0 Å². The first kappa shape index (κ1) is 7.31. The van der Waals surface area contributed by atoms with Gasteiger partial charge in [-0.1, -0.05) is 18.2 Å². The van der Waals surface area contributed by atoms with Gasteiger partial charge in [-0.05, 0) is 11.6 Å². The summed E-state index contributed by atoms with van der Waals surface area (Å²) in [6.45, 7) is 0.461. The fourth-order valence-electron chi connectivity index (χ4n) is 1.51. The molecule has 2 rings (SSSR count). The molecule has 1 aliphatic heterocycles. The van der Waals surface area contributed by atoms with E-state index in [1.54, 1.807) is 0 Å². The molecule has 3 heteroatoms. The third kappa shape index (κ3) is 0.905. The highest BCUT2D eigenvalue weighted by Crippen LogP contribution is 2.23. The van der Waals surface area contributed by atoms with Crippen LogP contribution in [0, 0.1) is 0 Å². The lowest BCUT2D eigenvalue weighted by Crippen LogP contribution is -2.25. The average Bonchev–Trinajstić information content (AvgIpc) is 2.44. The normalized spacial score (nSPS) is 20.4. The van der Waals surface area contributed by atoms with E-state index < -0.39 is 0 Å². The van der Waals surface area contributed by atoms with Crippen LogP contribution in [0.3, 0.4) is 0 Å². The van der Waals surface area contributed by atoms with E-state index in [-0.39, 0.29) is 11.9 Å². The number of carbonyl (C=O) groups excluding carboxylic acids is 1. The zero-order chi connectivity index (χ0) is 8.55. The molecule has 1 atom stereocenters. The summed E-state index contributed by atoms with van der Waals surface area (Å²) >= 11 is 0. The summed E-state index contributed by atoms with van der Waals surface area (Å²) in [7, 11) is 0. The second-order valence-corrected chi connectivity index (χ2v) is 2.85. The highest BCUT2D eigenvalue weighted by Gasteiger charge is 2.26. The molecule has 1 unspecified atom stereocenters. The minimum atomic E-state index is -0.0129. The van der Waals surface area contributed by atoms with E-state index >= 15 is 0 Å². The van der Waals surface area contributed by atoms with Gasteiger partial charge in [-0.25, -0.2) is 0 Å². The first-order valence-electron chi connectivity index (χ1n) is 3.93. The third-order valence-corrected chi connectivity index (χ3v) is 2.12. The van der Waals surface area contributed by atoms with Crippen LogP contribution in [0.4, 0.5) is 0 Å². The molecule has 0 aliphatic carbocycles. The SMILES string of the molecule is NCC1NC(=O)c2ccccc21. The van der Waals surface area contributed by atoms with Crippen molar-refractivity contribution in [1.29, 1.82) is 0 Å². The maximum Gasteiger partial charge on any atom is 0.252 e. The van der Waals surface area contributed by atoms with Gasteiger partial charge >= 0.3 is 0 Å². The van der Waals surface area contributed by atoms with Crippen molar-refractivity contribution in [2.75, 3.05) is 6.54 Å². The summed E-state index contributed by atoms with van der Waals surface area (Å²) in [6.07, 6.45) is 0. The fraction of sp³-hybridized carbons (Fsp3) is 0.222. The van der Waals surface area contributed by atoms with Crippen molar-refractivity contribution >= 4 is 5.91 Å². The Hall–Kier alpha value is -1.35. The van der Waals surface area contributed by atoms with Crippen molar-refractivity contribution in [2.45, 2.75) is 6.04 Å². The highest BCUT2D eigenvalue weighted by atomic mass is 16.2. The molecule has 1 heterocycles. The first-order valence-corrected chi connectivity index (χ1v) is 3.93. The van der Waals surface area contributed by atoms with E-state index in [9.17, 15) is 4.79 Å². The predicted octanol–water partition coefficient (Wildman–Crippen LogP) is 0.430. The number of hydrogen-bond acceptors (Lipinski definition) is 2. The lowest BCUT2D eigenvalue weighted by atomic mass is 10.1. The maximum atomic E-state index is 11.3. The maximum absolute atomic E-state index is 11.3. The lowest BCUT2D eigenvalue weighted by Gasteiger charge is -2.06. The minimum absolute atomic E-state index is 0.00806. The van der Waals surface area contributed by atoms with Crippen LogP contribution >= 0.6 is 0 Å². The highest BCUT2D eigenvalue weighted by molar-refractivity contribution is 5.99. The van der Waals surface area contributed by atoms with Crippen molar-refractivity contribution in [3.05, 3.63) is 35.4 Å². The number of amides is 1. The molecule has 12 heavy (non-hydrogen) atoms. The summed E-state index contributed by atoms with van der Waals surface area (Å²) in [4.78, 5) is 11.3. The zero-order valence-electron chi connectivity index (χ0n) is 6.58. The summed E-state index contributed by atoms with van der Waals surface area (Å²) in [5.41, 5.74) is 7.27. The summed E-state index contributed by atoms with van der Waals surface area (Å²) in [6, 6.07) is 7.54. The summed E-state index contributed by atoms with van der Waals surface area (Å²) < 4.78 is 0. The van der Waals surface area contributed by atoms with E-state index in [0.717, 1.165) is 11.1 Å². The Morgan fingerprint density at radius 3 is 2.92 bits per heavy atom. The minimum Gasteiger partial charge on any atom is -0.344 e. The molecule has 1 aliphatic rings. The summed E-state index contributed by atoms with van der Waals surface area (Å²) in [5.74, 6) is -0.0129. The number of rotatable bonds is 1. The molecule has 0 fully saturated rings. The van der Waals surface area contributed by atoms with Gasteiger partial charge in [0, 0.05) is 12.1 Å². The number of nitrogens with one attached hydrogen (secondary N) is 1. The molecule has 3 nitrogen and oxygen atoms in total. The Kier molecular flexibility index (Phi) is 1.59. The van der Waals surface area contributed by atoms with Crippen LogP contribution in [-0.4, -0.2) is 12.5 Å². The van der Waals surface area contributed by atoms with Crippen molar-refractivity contribution in [3.63, 3.8) is 0 Å². The third-order valence-electron chi connectivity index (χ3n) is 2.12. The zero-order valence-corrected chi connectivity index (χ0v) is 6.58. The van der Waals surface area contributed by atoms with Gasteiger partial charge in [0.15, 0.2) is 0 Å². The largest absolute Gasteiger partial charge is 0.344 e. The van der Waals surface area contributed by atoms with E-state index in [1.165, 1.54) is 0 Å². The molecule has 1 amide bonds. The Morgan fingerprint density at radius 1 is 1.42 bits per heavy atom. The molecule has 0 radical (unpaired) electrons.